The van der Waals surface area contributed by atoms with Crippen LogP contribution in [0.5, 0.6) is 0 Å². The fourth-order valence-corrected chi connectivity index (χ4v) is 13.1. The Balaban J connectivity index is 1.12. The smallest absolute Gasteiger partial charge is 0.233 e. The summed E-state index contributed by atoms with van der Waals surface area (Å²) in [5, 5.41) is 0. The molecule has 4 heteroatoms. The van der Waals surface area contributed by atoms with Gasteiger partial charge in [-0.25, -0.2) is 18.3 Å². The van der Waals surface area contributed by atoms with Gasteiger partial charge in [0, 0.05) is 10.8 Å². The first-order valence-electron chi connectivity index (χ1n) is 28.1. The second-order valence-electron chi connectivity index (χ2n) is 21.9. The van der Waals surface area contributed by atoms with Crippen LogP contribution in [0, 0.1) is 0 Å². The first-order valence-corrected chi connectivity index (χ1v) is 28.1. The van der Waals surface area contributed by atoms with Crippen molar-refractivity contribution >= 4 is 0 Å². The number of fused-ring (bicyclic) bond motifs is 10. The van der Waals surface area contributed by atoms with Gasteiger partial charge in [-0.3, -0.25) is 0 Å². The van der Waals surface area contributed by atoms with Crippen LogP contribution in [-0.2, 0) is 37.0 Å². The molecule has 0 atom stereocenters. The van der Waals surface area contributed by atoms with Crippen molar-refractivity contribution in [2.45, 2.75) is 219 Å². The molecular formula is C64H86N4+2. The average molecular weight is 911 g/mol. The highest BCUT2D eigenvalue weighted by Crippen LogP contribution is 2.56. The number of unbranched alkanes of at least 4 members (excludes halogenated alkanes) is 16. The summed E-state index contributed by atoms with van der Waals surface area (Å²) >= 11 is 0. The number of hydrogen-bond acceptors (Lipinski definition) is 0. The standard InChI is InChI=1S/C64H86N4/c1-5-9-13-17-21-33-63(34-22-18-14-10-6-2)59-41-51-25-29-55(59)56-30-26-52(42-60(56)63)46-66-38-40-68(50-66)48-54-28-32-58-57-31-27-53(47-67-39-37-65(45-51)49-67)43-61(57)64(62(58)44-54,35-23-19-15-11-7-3)36-24-20-16-12-8-4/h25-32,37-44,49-50H,5-24,33-36,45-48H2,1-4H3/q+2. The van der Waals surface area contributed by atoms with E-state index in [0.29, 0.717) is 0 Å². The van der Waals surface area contributed by atoms with Crippen LogP contribution in [0.3, 0.4) is 0 Å². The maximum Gasteiger partial charge on any atom is 0.244 e. The number of aromatic nitrogens is 4. The lowest BCUT2D eigenvalue weighted by Gasteiger charge is -2.33. The molecule has 0 radical (unpaired) electrons. The quantitative estimate of drug-likeness (QED) is 0.0425. The third-order valence-corrected chi connectivity index (χ3v) is 16.8. The number of imidazole rings is 2. The molecule has 0 saturated carbocycles. The van der Waals surface area contributed by atoms with Crippen molar-refractivity contribution in [3.05, 3.63) is 155 Å². The maximum atomic E-state index is 2.65. The highest BCUT2D eigenvalue weighted by atomic mass is 15.1. The van der Waals surface area contributed by atoms with Gasteiger partial charge in [0.2, 0.25) is 12.7 Å². The minimum absolute atomic E-state index is 0.0519. The van der Waals surface area contributed by atoms with E-state index in [1.165, 1.54) is 199 Å². The van der Waals surface area contributed by atoms with Crippen molar-refractivity contribution in [1.82, 2.24) is 9.13 Å². The summed E-state index contributed by atoms with van der Waals surface area (Å²) in [4.78, 5) is 0. The van der Waals surface area contributed by atoms with Crippen molar-refractivity contribution in [2.75, 3.05) is 0 Å². The lowest BCUT2D eigenvalue weighted by Crippen LogP contribution is -2.32. The largest absolute Gasteiger partial charge is 0.244 e. The Kier molecular flexibility index (Phi) is 16.2. The molecule has 6 aromatic rings. The van der Waals surface area contributed by atoms with Crippen LogP contribution in [0.2, 0.25) is 0 Å². The van der Waals surface area contributed by atoms with Gasteiger partial charge >= 0.3 is 0 Å². The van der Waals surface area contributed by atoms with E-state index in [2.05, 4.69) is 156 Å². The van der Waals surface area contributed by atoms with Gasteiger partial charge in [-0.2, -0.15) is 0 Å². The number of hydrogen-bond donors (Lipinski definition) is 0. The summed E-state index contributed by atoms with van der Waals surface area (Å²) in [6.07, 6.45) is 45.4. The summed E-state index contributed by atoms with van der Waals surface area (Å²) in [6, 6.07) is 30.3. The lowest BCUT2D eigenvalue weighted by molar-refractivity contribution is -0.688. The van der Waals surface area contributed by atoms with Crippen LogP contribution >= 0.6 is 0 Å². The predicted molar refractivity (Wildman–Crippen MR) is 284 cm³/mol. The SMILES string of the molecule is CCCCCCCC1(CCCCCCC)c2cc3ccc2-c2ccc(cc21)Cn1cc[n+](c1)Cc1ccc2c(c1)C(CCCCCCC)(CCCCCCC)c1cc(ccc1-2)C[n+]1ccn(c1)C3. The van der Waals surface area contributed by atoms with Gasteiger partial charge in [0.25, 0.3) is 0 Å². The van der Waals surface area contributed by atoms with E-state index < -0.39 is 0 Å². The molecule has 1 aliphatic heterocycles. The second-order valence-corrected chi connectivity index (χ2v) is 21.9. The number of rotatable bonds is 24. The molecular weight excluding hydrogens is 825 g/mol. The fraction of sp³-hybridized carbons (Fsp3) is 0.531. The van der Waals surface area contributed by atoms with Crippen LogP contribution in [0.4, 0.5) is 0 Å². The van der Waals surface area contributed by atoms with E-state index in [1.807, 2.05) is 0 Å². The monoisotopic (exact) mass is 911 g/mol. The molecule has 4 aromatic carbocycles. The zero-order valence-electron chi connectivity index (χ0n) is 43.0. The van der Waals surface area contributed by atoms with E-state index in [9.17, 15) is 0 Å². The normalized spacial score (nSPS) is 15.0. The van der Waals surface area contributed by atoms with E-state index in [0.717, 1.165) is 26.2 Å². The van der Waals surface area contributed by atoms with Gasteiger partial charge in [0.15, 0.2) is 0 Å². The van der Waals surface area contributed by atoms with Gasteiger partial charge in [0.1, 0.15) is 51.0 Å². The molecule has 0 unspecified atom stereocenters. The van der Waals surface area contributed by atoms with Gasteiger partial charge in [0.05, 0.1) is 0 Å². The van der Waals surface area contributed by atoms with Gasteiger partial charge in [-0.05, 0) is 92.4 Å². The van der Waals surface area contributed by atoms with Crippen molar-refractivity contribution in [3.8, 4) is 22.3 Å². The zero-order chi connectivity index (χ0) is 46.8. The van der Waals surface area contributed by atoms with E-state index in [4.69, 9.17) is 0 Å². The Morgan fingerprint density at radius 3 is 0.985 bits per heavy atom. The first-order chi connectivity index (χ1) is 33.5. The van der Waals surface area contributed by atoms with E-state index in [-0.39, 0.29) is 10.8 Å². The maximum absolute atomic E-state index is 2.65. The molecule has 9 rings (SSSR count). The Labute approximate surface area is 412 Å². The lowest BCUT2D eigenvalue weighted by atomic mass is 9.70. The van der Waals surface area contributed by atoms with Gasteiger partial charge < -0.3 is 0 Å². The fourth-order valence-electron chi connectivity index (χ4n) is 13.1. The molecule has 0 saturated heterocycles. The van der Waals surface area contributed by atoms with Crippen LogP contribution in [-0.4, -0.2) is 9.13 Å². The second kappa shape index (κ2) is 22.8. The first kappa shape index (κ1) is 48.3. The highest BCUT2D eigenvalue weighted by molar-refractivity contribution is 5.83. The zero-order valence-corrected chi connectivity index (χ0v) is 43.0. The summed E-state index contributed by atoms with van der Waals surface area (Å²) in [5.74, 6) is 0. The summed E-state index contributed by atoms with van der Waals surface area (Å²) in [6.45, 7) is 12.9. The van der Waals surface area contributed by atoms with Crippen LogP contribution in [0.15, 0.2) is 110 Å². The molecule has 3 heterocycles. The molecule has 360 valence electrons. The third-order valence-electron chi connectivity index (χ3n) is 16.8. The summed E-state index contributed by atoms with van der Waals surface area (Å²) in [5.41, 5.74) is 18.1. The van der Waals surface area contributed by atoms with E-state index in [1.54, 1.807) is 22.3 Å². The van der Waals surface area contributed by atoms with Gasteiger partial charge in [-0.1, -0.05) is 229 Å². The van der Waals surface area contributed by atoms with Gasteiger partial charge in [-0.15, -0.1) is 0 Å². The van der Waals surface area contributed by atoms with Crippen LogP contribution < -0.4 is 9.13 Å². The molecule has 2 aromatic heterocycles. The molecule has 2 aliphatic carbocycles. The summed E-state index contributed by atoms with van der Waals surface area (Å²) in [7, 11) is 0. The molecule has 4 nitrogen and oxygen atoms in total. The molecule has 68 heavy (non-hydrogen) atoms. The van der Waals surface area contributed by atoms with Crippen molar-refractivity contribution < 1.29 is 9.13 Å². The highest BCUT2D eigenvalue weighted by Gasteiger charge is 2.44. The molecule has 0 N–H and O–H groups in total. The molecule has 12 bridgehead atoms. The predicted octanol–water partition coefficient (Wildman–Crippen LogP) is 16.3. The topological polar surface area (TPSA) is 17.6 Å². The Hall–Kier alpha value is -4.70. The van der Waals surface area contributed by atoms with Crippen molar-refractivity contribution in [1.29, 1.82) is 0 Å². The van der Waals surface area contributed by atoms with Crippen molar-refractivity contribution in [3.63, 3.8) is 0 Å². The Morgan fingerprint density at radius 1 is 0.368 bits per heavy atom. The molecule has 0 spiro atoms. The Morgan fingerprint density at radius 2 is 0.662 bits per heavy atom. The van der Waals surface area contributed by atoms with Crippen LogP contribution in [0.1, 0.15) is 226 Å². The molecule has 0 fully saturated rings. The third kappa shape index (κ3) is 10.6. The minimum atomic E-state index is 0.0519. The molecule has 3 aliphatic rings. The Bertz CT molecular complexity index is 2220. The number of benzene rings is 4. The van der Waals surface area contributed by atoms with Crippen molar-refractivity contribution in [2.24, 2.45) is 0 Å². The van der Waals surface area contributed by atoms with Crippen LogP contribution in [0.25, 0.3) is 22.3 Å². The number of nitrogens with zero attached hydrogens (tertiary/aromatic N) is 4. The summed E-state index contributed by atoms with van der Waals surface area (Å²) < 4.78 is 9.73. The minimum Gasteiger partial charge on any atom is -0.233 e. The van der Waals surface area contributed by atoms with E-state index >= 15 is 0 Å². The molecule has 0 amide bonds. The average Bonchev–Trinajstić information content (AvgIpc) is 4.11.